The Bertz CT molecular complexity index is 669. The van der Waals surface area contributed by atoms with Gasteiger partial charge in [0.15, 0.2) is 0 Å². The lowest BCUT2D eigenvalue weighted by Gasteiger charge is -2.32. The van der Waals surface area contributed by atoms with Gasteiger partial charge in [-0.2, -0.15) is 0 Å². The summed E-state index contributed by atoms with van der Waals surface area (Å²) in [5.74, 6) is 0. The summed E-state index contributed by atoms with van der Waals surface area (Å²) in [5.41, 5.74) is 0.663. The van der Waals surface area contributed by atoms with Crippen LogP contribution in [-0.4, -0.2) is 33.3 Å². The maximum absolute atomic E-state index is 12.4. The van der Waals surface area contributed by atoms with E-state index in [2.05, 4.69) is 4.72 Å². The van der Waals surface area contributed by atoms with Crippen molar-refractivity contribution in [2.45, 2.75) is 64.1 Å². The fraction of sp³-hybridized carbons (Fsp3) is 0.625. The molecule has 1 aromatic rings. The van der Waals surface area contributed by atoms with Gasteiger partial charge in [-0.3, -0.25) is 0 Å². The van der Waals surface area contributed by atoms with Gasteiger partial charge in [0.2, 0.25) is 10.0 Å². The first-order valence-electron chi connectivity index (χ1n) is 7.95. The average molecular weight is 339 g/mol. The molecule has 2 rings (SSSR count). The van der Waals surface area contributed by atoms with Crippen LogP contribution in [-0.2, 0) is 19.3 Å². The second-order valence-corrected chi connectivity index (χ2v) is 8.83. The van der Waals surface area contributed by atoms with Crippen molar-refractivity contribution in [3.63, 3.8) is 0 Å². The summed E-state index contributed by atoms with van der Waals surface area (Å²) < 4.78 is 39.4. The molecule has 0 radical (unpaired) electrons. The lowest BCUT2D eigenvalue weighted by Crippen LogP contribution is -2.41. The van der Waals surface area contributed by atoms with Crippen molar-refractivity contribution >= 4 is 22.6 Å². The third kappa shape index (κ3) is 3.79. The van der Waals surface area contributed by atoms with Crippen molar-refractivity contribution in [1.82, 2.24) is 4.72 Å². The highest BCUT2D eigenvalue weighted by atomic mass is 32.2. The molecule has 1 saturated heterocycles. The van der Waals surface area contributed by atoms with Crippen LogP contribution in [0.4, 0.5) is 0 Å². The molecule has 0 amide bonds. The van der Waals surface area contributed by atoms with Gasteiger partial charge in [0.1, 0.15) is 0 Å². The van der Waals surface area contributed by atoms with Gasteiger partial charge in [0.25, 0.3) is 0 Å². The number of hydrogen-bond acceptors (Lipinski definition) is 4. The Morgan fingerprint density at radius 2 is 1.65 bits per heavy atom. The van der Waals surface area contributed by atoms with Gasteiger partial charge in [0.05, 0.1) is 16.1 Å². The molecule has 1 aromatic carbocycles. The number of nitrogens with one attached hydrogen (secondary N) is 1. The Kier molecular flexibility index (Phi) is 4.98. The van der Waals surface area contributed by atoms with Crippen molar-refractivity contribution in [1.29, 1.82) is 0 Å². The highest BCUT2D eigenvalue weighted by Crippen LogP contribution is 2.36. The lowest BCUT2D eigenvalue weighted by atomic mass is 9.78. The van der Waals surface area contributed by atoms with Gasteiger partial charge in [-0.1, -0.05) is 18.6 Å². The van der Waals surface area contributed by atoms with E-state index < -0.39 is 28.3 Å². The van der Waals surface area contributed by atoms with E-state index in [0.717, 1.165) is 17.4 Å². The fourth-order valence-corrected chi connectivity index (χ4v) is 3.64. The molecule has 0 unspecified atom stereocenters. The molecular formula is C16H26BNO4S. The maximum atomic E-state index is 12.4. The van der Waals surface area contributed by atoms with Crippen molar-refractivity contribution < 1.29 is 17.7 Å². The Balaban J connectivity index is 2.36. The summed E-state index contributed by atoms with van der Waals surface area (Å²) in [7, 11) is -4.09. The fourth-order valence-electron chi connectivity index (χ4n) is 2.37. The van der Waals surface area contributed by atoms with Gasteiger partial charge in [-0.15, -0.1) is 0 Å². The maximum Gasteiger partial charge on any atom is 0.494 e. The molecule has 1 aliphatic rings. The first-order chi connectivity index (χ1) is 10.5. The molecule has 0 spiro atoms. The molecule has 0 aromatic heterocycles. The van der Waals surface area contributed by atoms with E-state index in [-0.39, 0.29) is 4.90 Å². The minimum Gasteiger partial charge on any atom is -0.399 e. The molecule has 128 valence electrons. The van der Waals surface area contributed by atoms with Crippen molar-refractivity contribution in [2.75, 3.05) is 6.54 Å². The van der Waals surface area contributed by atoms with Crippen LogP contribution in [0, 0.1) is 6.92 Å². The molecule has 23 heavy (non-hydrogen) atoms. The second-order valence-electron chi connectivity index (χ2n) is 7.07. The van der Waals surface area contributed by atoms with Gasteiger partial charge < -0.3 is 9.31 Å². The van der Waals surface area contributed by atoms with E-state index in [4.69, 9.17) is 9.31 Å². The van der Waals surface area contributed by atoms with Gasteiger partial charge in [-0.25, -0.2) is 13.1 Å². The normalized spacial score (nSPS) is 20.0. The summed E-state index contributed by atoms with van der Waals surface area (Å²) in [6, 6.07) is 5.20. The molecule has 0 saturated carbocycles. The molecule has 0 atom stereocenters. The Hall–Kier alpha value is -0.885. The summed E-state index contributed by atoms with van der Waals surface area (Å²) in [5, 5.41) is 0. The van der Waals surface area contributed by atoms with Crippen LogP contribution in [0.1, 0.15) is 46.6 Å². The van der Waals surface area contributed by atoms with Crippen LogP contribution in [0.2, 0.25) is 0 Å². The number of benzene rings is 1. The molecule has 5 nitrogen and oxygen atoms in total. The smallest absolute Gasteiger partial charge is 0.399 e. The molecule has 1 N–H and O–H groups in total. The predicted molar refractivity (Wildman–Crippen MR) is 92.4 cm³/mol. The number of sulfonamides is 1. The SMILES string of the molecule is CCCNS(=O)(=O)c1cc(C)cc(B2OC(C)(C)C(C)(C)O2)c1. The van der Waals surface area contributed by atoms with Crippen molar-refractivity contribution in [2.24, 2.45) is 0 Å². The van der Waals surface area contributed by atoms with Crippen molar-refractivity contribution in [3.8, 4) is 0 Å². The summed E-state index contributed by atoms with van der Waals surface area (Å²) in [6.45, 7) is 12.1. The van der Waals surface area contributed by atoms with Crippen LogP contribution < -0.4 is 10.2 Å². The van der Waals surface area contributed by atoms with Crippen molar-refractivity contribution in [3.05, 3.63) is 23.8 Å². The highest BCUT2D eigenvalue weighted by molar-refractivity contribution is 7.89. The number of aryl methyl sites for hydroxylation is 1. The number of rotatable bonds is 5. The Morgan fingerprint density at radius 1 is 1.09 bits per heavy atom. The van der Waals surface area contributed by atoms with Gasteiger partial charge in [-0.05, 0) is 58.6 Å². The van der Waals surface area contributed by atoms with Gasteiger partial charge in [0, 0.05) is 6.54 Å². The van der Waals surface area contributed by atoms with E-state index in [1.165, 1.54) is 0 Å². The molecule has 0 bridgehead atoms. The van der Waals surface area contributed by atoms with E-state index in [9.17, 15) is 8.42 Å². The molecule has 1 fully saturated rings. The summed E-state index contributed by atoms with van der Waals surface area (Å²) in [6.07, 6.45) is 0.745. The predicted octanol–water partition coefficient (Wildman–Crippen LogP) is 1.98. The molecule has 1 aliphatic heterocycles. The first-order valence-corrected chi connectivity index (χ1v) is 9.44. The molecular weight excluding hydrogens is 313 g/mol. The zero-order valence-electron chi connectivity index (χ0n) is 14.8. The van der Waals surface area contributed by atoms with Gasteiger partial charge >= 0.3 is 7.12 Å². The quantitative estimate of drug-likeness (QED) is 0.833. The van der Waals surface area contributed by atoms with Crippen LogP contribution in [0.25, 0.3) is 0 Å². The van der Waals surface area contributed by atoms with Crippen LogP contribution >= 0.6 is 0 Å². The molecule has 1 heterocycles. The van der Waals surface area contributed by atoms with Crippen LogP contribution in [0.5, 0.6) is 0 Å². The topological polar surface area (TPSA) is 64.6 Å². The van der Waals surface area contributed by atoms with E-state index in [1.807, 2.05) is 47.6 Å². The zero-order valence-corrected chi connectivity index (χ0v) is 15.6. The largest absolute Gasteiger partial charge is 0.494 e. The summed E-state index contributed by atoms with van der Waals surface area (Å²) >= 11 is 0. The lowest BCUT2D eigenvalue weighted by molar-refractivity contribution is 0.00578. The Labute approximate surface area is 140 Å². The third-order valence-electron chi connectivity index (χ3n) is 4.45. The molecule has 7 heteroatoms. The van der Waals surface area contributed by atoms with E-state index in [1.54, 1.807) is 12.1 Å². The summed E-state index contributed by atoms with van der Waals surface area (Å²) in [4.78, 5) is 0.246. The average Bonchev–Trinajstić information content (AvgIpc) is 2.65. The Morgan fingerprint density at radius 3 is 2.17 bits per heavy atom. The first kappa shape index (κ1) is 18.5. The minimum absolute atomic E-state index is 0.246. The van der Waals surface area contributed by atoms with Crippen LogP contribution in [0.15, 0.2) is 23.1 Å². The monoisotopic (exact) mass is 339 g/mol. The zero-order chi connectivity index (χ0) is 17.5. The third-order valence-corrected chi connectivity index (χ3v) is 5.89. The van der Waals surface area contributed by atoms with Crippen LogP contribution in [0.3, 0.4) is 0 Å². The molecule has 0 aliphatic carbocycles. The standard InChI is InChI=1S/C16H26BNO4S/c1-7-8-18-23(19,20)14-10-12(2)9-13(11-14)17-21-15(3,4)16(5,6)22-17/h9-11,18H,7-8H2,1-6H3. The number of hydrogen-bond donors (Lipinski definition) is 1. The van der Waals surface area contributed by atoms with E-state index in [0.29, 0.717) is 6.54 Å². The van der Waals surface area contributed by atoms with E-state index >= 15 is 0 Å². The second kappa shape index (κ2) is 6.20. The minimum atomic E-state index is -3.52. The highest BCUT2D eigenvalue weighted by Gasteiger charge is 2.51.